The molecule has 1 aliphatic rings. The van der Waals surface area contributed by atoms with Crippen LogP contribution in [0.1, 0.15) is 19.8 Å². The summed E-state index contributed by atoms with van der Waals surface area (Å²) in [6.07, 6.45) is 4.38. The Hall–Kier alpha value is -3.14. The Balaban J connectivity index is 1.35. The van der Waals surface area contributed by atoms with Gasteiger partial charge in [0.15, 0.2) is 5.13 Å². The standard InChI is InChI=1S/C26H24ClN3O4S2/c1-15(23(31)30-26-29-22(14-35-26)16-9-11-17(27)12-10-16)36-19-6-4-5-18(13-19)28-24(32)20-7-2-3-8-21(20)25(33)34/h2-6,9-15,20-21H,7-8H2,1H3,(H,28,32)(H,33,34)(H,29,30,31). The van der Waals surface area contributed by atoms with Crippen molar-refractivity contribution in [3.05, 3.63) is 71.1 Å². The maximum absolute atomic E-state index is 12.8. The van der Waals surface area contributed by atoms with Crippen molar-refractivity contribution in [3.8, 4) is 11.3 Å². The quantitative estimate of drug-likeness (QED) is 0.232. The van der Waals surface area contributed by atoms with Gasteiger partial charge in [-0.2, -0.15) is 0 Å². The third kappa shape index (κ3) is 6.54. The van der Waals surface area contributed by atoms with Gasteiger partial charge in [-0.15, -0.1) is 23.1 Å². The minimum Gasteiger partial charge on any atom is -0.481 e. The molecule has 2 aromatic carbocycles. The summed E-state index contributed by atoms with van der Waals surface area (Å²) in [7, 11) is 0. The number of carbonyl (C=O) groups excluding carboxylic acids is 2. The fraction of sp³-hybridized carbons (Fsp3) is 0.231. The number of halogens is 1. The van der Waals surface area contributed by atoms with Crippen LogP contribution in [0.5, 0.6) is 0 Å². The number of hydrogen-bond donors (Lipinski definition) is 3. The van der Waals surface area contributed by atoms with E-state index < -0.39 is 23.1 Å². The van der Waals surface area contributed by atoms with Crippen molar-refractivity contribution < 1.29 is 19.5 Å². The zero-order valence-electron chi connectivity index (χ0n) is 19.3. The van der Waals surface area contributed by atoms with Crippen molar-refractivity contribution in [2.75, 3.05) is 10.6 Å². The summed E-state index contributed by atoms with van der Waals surface area (Å²) < 4.78 is 0. The second kappa shape index (κ2) is 11.7. The van der Waals surface area contributed by atoms with Gasteiger partial charge in [0.05, 0.1) is 22.8 Å². The number of thiazole rings is 1. The molecular weight excluding hydrogens is 518 g/mol. The van der Waals surface area contributed by atoms with E-state index in [1.807, 2.05) is 29.7 Å². The normalized spacial score (nSPS) is 17.8. The van der Waals surface area contributed by atoms with Crippen LogP contribution in [0.3, 0.4) is 0 Å². The van der Waals surface area contributed by atoms with Crippen LogP contribution in [-0.2, 0) is 14.4 Å². The number of carbonyl (C=O) groups is 3. The second-order valence-electron chi connectivity index (χ2n) is 8.31. The zero-order valence-corrected chi connectivity index (χ0v) is 21.7. The molecule has 0 saturated carbocycles. The van der Waals surface area contributed by atoms with Gasteiger partial charge in [0.25, 0.3) is 0 Å². The molecule has 0 aliphatic heterocycles. The van der Waals surface area contributed by atoms with E-state index in [0.717, 1.165) is 16.2 Å². The van der Waals surface area contributed by atoms with Crippen LogP contribution in [0.2, 0.25) is 5.02 Å². The molecule has 0 fully saturated rings. The Morgan fingerprint density at radius 2 is 1.81 bits per heavy atom. The summed E-state index contributed by atoms with van der Waals surface area (Å²) in [5.41, 5.74) is 2.23. The Bertz CT molecular complexity index is 1290. The lowest BCUT2D eigenvalue weighted by atomic mass is 9.82. The van der Waals surface area contributed by atoms with E-state index >= 15 is 0 Å². The maximum Gasteiger partial charge on any atom is 0.307 e. The summed E-state index contributed by atoms with van der Waals surface area (Å²) in [4.78, 5) is 42.3. The van der Waals surface area contributed by atoms with Crippen molar-refractivity contribution in [2.45, 2.75) is 29.9 Å². The van der Waals surface area contributed by atoms with Crippen molar-refractivity contribution in [3.63, 3.8) is 0 Å². The number of carboxylic acids is 1. The highest BCUT2D eigenvalue weighted by atomic mass is 35.5. The molecule has 186 valence electrons. The highest BCUT2D eigenvalue weighted by molar-refractivity contribution is 8.00. The lowest BCUT2D eigenvalue weighted by Crippen LogP contribution is -2.34. The zero-order chi connectivity index (χ0) is 25.7. The molecule has 2 amide bonds. The van der Waals surface area contributed by atoms with Gasteiger partial charge in [0, 0.05) is 26.5 Å². The topological polar surface area (TPSA) is 108 Å². The van der Waals surface area contributed by atoms with E-state index in [9.17, 15) is 19.5 Å². The summed E-state index contributed by atoms with van der Waals surface area (Å²) in [5.74, 6) is -2.83. The average molecular weight is 542 g/mol. The molecule has 4 rings (SSSR count). The van der Waals surface area contributed by atoms with Gasteiger partial charge >= 0.3 is 5.97 Å². The molecule has 0 spiro atoms. The number of amides is 2. The second-order valence-corrected chi connectivity index (χ2v) is 11.0. The molecule has 3 N–H and O–H groups in total. The number of nitrogens with zero attached hydrogens (tertiary/aromatic N) is 1. The van der Waals surface area contributed by atoms with E-state index in [1.165, 1.54) is 23.1 Å². The van der Waals surface area contributed by atoms with E-state index in [2.05, 4.69) is 15.6 Å². The number of aromatic nitrogens is 1. The van der Waals surface area contributed by atoms with E-state index in [-0.39, 0.29) is 11.8 Å². The monoisotopic (exact) mass is 541 g/mol. The van der Waals surface area contributed by atoms with Gasteiger partial charge in [-0.3, -0.25) is 14.4 Å². The summed E-state index contributed by atoms with van der Waals surface area (Å²) in [6, 6.07) is 14.5. The number of anilines is 2. The van der Waals surface area contributed by atoms with Gasteiger partial charge < -0.3 is 15.7 Å². The van der Waals surface area contributed by atoms with Crippen LogP contribution in [0.4, 0.5) is 10.8 Å². The first-order chi connectivity index (χ1) is 17.3. The predicted octanol–water partition coefficient (Wildman–Crippen LogP) is 6.19. The first kappa shape index (κ1) is 25.9. The average Bonchev–Trinajstić information content (AvgIpc) is 3.33. The van der Waals surface area contributed by atoms with Gasteiger partial charge in [-0.25, -0.2) is 4.98 Å². The van der Waals surface area contributed by atoms with Gasteiger partial charge in [-0.05, 0) is 50.1 Å². The van der Waals surface area contributed by atoms with Gasteiger partial charge in [0.2, 0.25) is 11.8 Å². The fourth-order valence-corrected chi connectivity index (χ4v) is 5.58. The van der Waals surface area contributed by atoms with E-state index in [1.54, 1.807) is 43.3 Å². The molecule has 1 aliphatic carbocycles. The number of hydrogen-bond acceptors (Lipinski definition) is 6. The van der Waals surface area contributed by atoms with Crippen molar-refractivity contribution in [2.24, 2.45) is 11.8 Å². The number of nitrogens with one attached hydrogen (secondary N) is 2. The smallest absolute Gasteiger partial charge is 0.307 e. The van der Waals surface area contributed by atoms with Crippen molar-refractivity contribution in [1.82, 2.24) is 4.98 Å². The Kier molecular flexibility index (Phi) is 8.45. The highest BCUT2D eigenvalue weighted by Gasteiger charge is 2.34. The summed E-state index contributed by atoms with van der Waals surface area (Å²) in [5, 5.41) is 17.7. The summed E-state index contributed by atoms with van der Waals surface area (Å²) >= 11 is 8.64. The molecule has 3 atom stereocenters. The van der Waals surface area contributed by atoms with Crippen LogP contribution >= 0.6 is 34.7 Å². The number of thioether (sulfide) groups is 1. The predicted molar refractivity (Wildman–Crippen MR) is 145 cm³/mol. The summed E-state index contributed by atoms with van der Waals surface area (Å²) in [6.45, 7) is 1.80. The van der Waals surface area contributed by atoms with Crippen LogP contribution < -0.4 is 10.6 Å². The van der Waals surface area contributed by atoms with Crippen LogP contribution in [0.15, 0.2) is 71.0 Å². The first-order valence-electron chi connectivity index (χ1n) is 11.3. The molecule has 36 heavy (non-hydrogen) atoms. The first-order valence-corrected chi connectivity index (χ1v) is 13.4. The van der Waals surface area contributed by atoms with Crippen molar-refractivity contribution in [1.29, 1.82) is 0 Å². The van der Waals surface area contributed by atoms with Crippen molar-refractivity contribution >= 4 is 63.3 Å². The largest absolute Gasteiger partial charge is 0.481 e. The maximum atomic E-state index is 12.8. The Morgan fingerprint density at radius 1 is 1.08 bits per heavy atom. The Labute approximate surface area is 222 Å². The number of rotatable bonds is 8. The number of benzene rings is 2. The fourth-order valence-electron chi connectivity index (χ4n) is 3.81. The third-order valence-corrected chi connectivity index (χ3v) is 7.85. The lowest BCUT2D eigenvalue weighted by Gasteiger charge is -2.24. The minimum absolute atomic E-state index is 0.190. The van der Waals surface area contributed by atoms with Crippen LogP contribution in [-0.4, -0.2) is 33.1 Å². The van der Waals surface area contributed by atoms with Gasteiger partial charge in [0.1, 0.15) is 0 Å². The molecule has 10 heteroatoms. The number of aliphatic carboxylic acids is 1. The number of allylic oxidation sites excluding steroid dienone is 2. The molecule has 3 unspecified atom stereocenters. The Morgan fingerprint density at radius 3 is 2.53 bits per heavy atom. The SMILES string of the molecule is CC(Sc1cccc(NC(=O)C2CC=CCC2C(=O)O)c1)C(=O)Nc1nc(-c2ccc(Cl)cc2)cs1. The molecule has 1 aromatic heterocycles. The van der Waals surface area contributed by atoms with E-state index in [0.29, 0.717) is 28.7 Å². The third-order valence-electron chi connectivity index (χ3n) is 5.74. The molecule has 7 nitrogen and oxygen atoms in total. The number of carboxylic acid groups (broad SMARTS) is 1. The lowest BCUT2D eigenvalue weighted by molar-refractivity contribution is -0.146. The minimum atomic E-state index is -0.968. The molecule has 0 saturated heterocycles. The highest BCUT2D eigenvalue weighted by Crippen LogP contribution is 2.31. The molecule has 3 aromatic rings. The molecule has 0 bridgehead atoms. The molecule has 1 heterocycles. The molecule has 0 radical (unpaired) electrons. The van der Waals surface area contributed by atoms with E-state index in [4.69, 9.17) is 11.6 Å². The van der Waals surface area contributed by atoms with Gasteiger partial charge in [-0.1, -0.05) is 42.0 Å². The van der Waals surface area contributed by atoms with Crippen LogP contribution in [0, 0.1) is 11.8 Å². The molecular formula is C26H24ClN3O4S2. The van der Waals surface area contributed by atoms with Crippen LogP contribution in [0.25, 0.3) is 11.3 Å².